The van der Waals surface area contributed by atoms with Crippen molar-refractivity contribution in [1.82, 2.24) is 5.32 Å². The number of rotatable bonds is 6. The summed E-state index contributed by atoms with van der Waals surface area (Å²) >= 11 is 1.53. The van der Waals surface area contributed by atoms with Crippen molar-refractivity contribution in [2.45, 2.75) is 20.0 Å². The number of amides is 1. The summed E-state index contributed by atoms with van der Waals surface area (Å²) in [7, 11) is 0. The predicted octanol–water partition coefficient (Wildman–Crippen LogP) is 2.63. The summed E-state index contributed by atoms with van der Waals surface area (Å²) in [5.74, 6) is -0.132. The lowest BCUT2D eigenvalue weighted by Gasteiger charge is -2.14. The third-order valence-electron chi connectivity index (χ3n) is 3.33. The van der Waals surface area contributed by atoms with E-state index in [-0.39, 0.29) is 19.0 Å². The number of hydrogen-bond donors (Lipinski definition) is 3. The fourth-order valence-corrected chi connectivity index (χ4v) is 2.82. The van der Waals surface area contributed by atoms with Crippen molar-refractivity contribution in [2.75, 3.05) is 18.4 Å². The topological polar surface area (TPSA) is 61.4 Å². The third kappa shape index (κ3) is 4.31. The highest BCUT2D eigenvalue weighted by atomic mass is 32.1. The molecule has 1 atom stereocenters. The van der Waals surface area contributed by atoms with Crippen LogP contribution in [0, 0.1) is 13.8 Å². The van der Waals surface area contributed by atoms with Gasteiger partial charge in [0.05, 0.1) is 12.6 Å². The predicted molar refractivity (Wildman–Crippen MR) is 86.7 cm³/mol. The zero-order chi connectivity index (χ0) is 15.2. The second-order valence-corrected chi connectivity index (χ2v) is 5.78. The van der Waals surface area contributed by atoms with Gasteiger partial charge in [-0.1, -0.05) is 18.2 Å². The van der Waals surface area contributed by atoms with Gasteiger partial charge in [0, 0.05) is 12.2 Å². The molecule has 0 aliphatic carbocycles. The molecule has 5 heteroatoms. The molecule has 2 aromatic rings. The molecule has 112 valence electrons. The van der Waals surface area contributed by atoms with E-state index in [0.717, 1.165) is 22.4 Å². The molecule has 0 saturated carbocycles. The number of hydrogen-bond acceptors (Lipinski definition) is 4. The van der Waals surface area contributed by atoms with Crippen LogP contribution in [0.4, 0.5) is 5.69 Å². The first-order chi connectivity index (χ1) is 10.1. The summed E-state index contributed by atoms with van der Waals surface area (Å²) in [5.41, 5.74) is 4.05. The Morgan fingerprint density at radius 3 is 2.62 bits per heavy atom. The molecule has 0 radical (unpaired) electrons. The first kappa shape index (κ1) is 15.5. The normalized spacial score (nSPS) is 12.0. The maximum Gasteiger partial charge on any atom is 0.239 e. The molecule has 4 nitrogen and oxygen atoms in total. The molecule has 1 heterocycles. The average molecular weight is 304 g/mol. The Bertz CT molecular complexity index is 576. The first-order valence-corrected chi connectivity index (χ1v) is 7.79. The van der Waals surface area contributed by atoms with E-state index in [1.54, 1.807) is 0 Å². The van der Waals surface area contributed by atoms with Crippen molar-refractivity contribution in [3.63, 3.8) is 0 Å². The molecule has 1 amide bonds. The summed E-state index contributed by atoms with van der Waals surface area (Å²) in [5, 5.41) is 19.6. The molecule has 1 aromatic carbocycles. The number of carbonyl (C=O) groups excluding carboxylic acids is 1. The molecule has 0 spiro atoms. The van der Waals surface area contributed by atoms with Gasteiger partial charge in [0.25, 0.3) is 0 Å². The van der Waals surface area contributed by atoms with Crippen LogP contribution in [-0.2, 0) is 4.79 Å². The van der Waals surface area contributed by atoms with Gasteiger partial charge in [0.1, 0.15) is 0 Å². The Morgan fingerprint density at radius 2 is 2.00 bits per heavy atom. The zero-order valence-electron chi connectivity index (χ0n) is 12.2. The van der Waals surface area contributed by atoms with E-state index in [1.807, 2.05) is 48.9 Å². The van der Waals surface area contributed by atoms with Crippen LogP contribution in [0.15, 0.2) is 35.0 Å². The van der Waals surface area contributed by atoms with Gasteiger partial charge in [0.15, 0.2) is 0 Å². The second kappa shape index (κ2) is 7.24. The molecule has 0 saturated heterocycles. The molecular formula is C16H20N2O2S. The number of nitrogens with one attached hydrogen (secondary N) is 2. The highest BCUT2D eigenvalue weighted by Gasteiger charge is 2.10. The SMILES string of the molecule is Cc1cccc(C)c1NCC(=O)NC[C@H](O)c1ccsc1. The minimum atomic E-state index is -0.652. The lowest BCUT2D eigenvalue weighted by molar-refractivity contribution is -0.119. The Morgan fingerprint density at radius 1 is 1.29 bits per heavy atom. The summed E-state index contributed by atoms with van der Waals surface area (Å²) in [6, 6.07) is 7.87. The Balaban J connectivity index is 1.80. The Labute approximate surface area is 128 Å². The van der Waals surface area contributed by atoms with Crippen LogP contribution in [0.5, 0.6) is 0 Å². The van der Waals surface area contributed by atoms with Crippen LogP contribution >= 0.6 is 11.3 Å². The summed E-state index contributed by atoms with van der Waals surface area (Å²) < 4.78 is 0. The van der Waals surface area contributed by atoms with E-state index in [0.29, 0.717) is 0 Å². The smallest absolute Gasteiger partial charge is 0.239 e. The van der Waals surface area contributed by atoms with Gasteiger partial charge in [0.2, 0.25) is 5.91 Å². The van der Waals surface area contributed by atoms with Crippen molar-refractivity contribution >= 4 is 22.9 Å². The lowest BCUT2D eigenvalue weighted by atomic mass is 10.1. The van der Waals surface area contributed by atoms with Crippen molar-refractivity contribution in [3.8, 4) is 0 Å². The molecule has 21 heavy (non-hydrogen) atoms. The molecule has 3 N–H and O–H groups in total. The van der Waals surface area contributed by atoms with Gasteiger partial charge in [-0.15, -0.1) is 0 Å². The number of aryl methyl sites for hydroxylation is 2. The number of aliphatic hydroxyl groups excluding tert-OH is 1. The summed E-state index contributed by atoms with van der Waals surface area (Å²) in [4.78, 5) is 11.8. The number of anilines is 1. The van der Waals surface area contributed by atoms with Crippen molar-refractivity contribution in [2.24, 2.45) is 0 Å². The van der Waals surface area contributed by atoms with Crippen LogP contribution in [0.1, 0.15) is 22.8 Å². The van der Waals surface area contributed by atoms with Gasteiger partial charge in [-0.25, -0.2) is 0 Å². The second-order valence-electron chi connectivity index (χ2n) is 5.00. The molecule has 0 aliphatic rings. The molecule has 0 bridgehead atoms. The number of carbonyl (C=O) groups is 1. The lowest BCUT2D eigenvalue weighted by Crippen LogP contribution is -2.33. The van der Waals surface area contributed by atoms with E-state index in [1.165, 1.54) is 11.3 Å². The van der Waals surface area contributed by atoms with Gasteiger partial charge in [-0.05, 0) is 47.4 Å². The largest absolute Gasteiger partial charge is 0.387 e. The van der Waals surface area contributed by atoms with Crippen molar-refractivity contribution < 1.29 is 9.90 Å². The highest BCUT2D eigenvalue weighted by molar-refractivity contribution is 7.07. The van der Waals surface area contributed by atoms with Crippen LogP contribution in [0.25, 0.3) is 0 Å². The van der Waals surface area contributed by atoms with E-state index in [2.05, 4.69) is 10.6 Å². The standard InChI is InChI=1S/C16H20N2O2S/c1-11-4-3-5-12(2)16(11)18-9-15(20)17-8-14(19)13-6-7-21-10-13/h3-7,10,14,18-19H,8-9H2,1-2H3,(H,17,20)/t14-/m0/s1. The average Bonchev–Trinajstić information content (AvgIpc) is 2.98. The molecule has 0 aliphatic heterocycles. The molecule has 0 fully saturated rings. The van der Waals surface area contributed by atoms with Crippen LogP contribution < -0.4 is 10.6 Å². The van der Waals surface area contributed by atoms with Crippen LogP contribution in [0.3, 0.4) is 0 Å². The van der Waals surface area contributed by atoms with Crippen molar-refractivity contribution in [1.29, 1.82) is 0 Å². The minimum Gasteiger partial charge on any atom is -0.387 e. The third-order valence-corrected chi connectivity index (χ3v) is 4.03. The zero-order valence-corrected chi connectivity index (χ0v) is 13.0. The summed E-state index contributed by atoms with van der Waals surface area (Å²) in [6.07, 6.45) is -0.652. The van der Waals surface area contributed by atoms with E-state index < -0.39 is 6.10 Å². The van der Waals surface area contributed by atoms with E-state index in [4.69, 9.17) is 0 Å². The quantitative estimate of drug-likeness (QED) is 0.769. The fourth-order valence-electron chi connectivity index (χ4n) is 2.12. The fraction of sp³-hybridized carbons (Fsp3) is 0.312. The number of para-hydroxylation sites is 1. The van der Waals surface area contributed by atoms with Gasteiger partial charge >= 0.3 is 0 Å². The number of aliphatic hydroxyl groups is 1. The Hall–Kier alpha value is -1.85. The number of benzene rings is 1. The number of thiophene rings is 1. The van der Waals surface area contributed by atoms with Crippen LogP contribution in [-0.4, -0.2) is 24.1 Å². The Kier molecular flexibility index (Phi) is 5.36. The maximum absolute atomic E-state index is 11.8. The van der Waals surface area contributed by atoms with Crippen molar-refractivity contribution in [3.05, 3.63) is 51.7 Å². The molecule has 1 aromatic heterocycles. The minimum absolute atomic E-state index is 0.132. The molecular weight excluding hydrogens is 284 g/mol. The monoisotopic (exact) mass is 304 g/mol. The maximum atomic E-state index is 11.8. The highest BCUT2D eigenvalue weighted by Crippen LogP contribution is 2.19. The van der Waals surface area contributed by atoms with E-state index >= 15 is 0 Å². The van der Waals surface area contributed by atoms with Crippen LogP contribution in [0.2, 0.25) is 0 Å². The van der Waals surface area contributed by atoms with Gasteiger partial charge < -0.3 is 15.7 Å². The first-order valence-electron chi connectivity index (χ1n) is 6.85. The molecule has 2 rings (SSSR count). The summed E-state index contributed by atoms with van der Waals surface area (Å²) in [6.45, 7) is 4.44. The molecule has 0 unspecified atom stereocenters. The van der Waals surface area contributed by atoms with E-state index in [9.17, 15) is 9.90 Å². The van der Waals surface area contributed by atoms with Gasteiger partial charge in [-0.3, -0.25) is 4.79 Å². The van der Waals surface area contributed by atoms with Gasteiger partial charge in [-0.2, -0.15) is 11.3 Å².